The molecule has 1 aromatic rings. The Morgan fingerprint density at radius 3 is 2.43 bits per heavy atom. The molecule has 6 N–H and O–H groups in total. The molecule has 0 heterocycles. The molecule has 30 heavy (non-hydrogen) atoms. The van der Waals surface area contributed by atoms with Crippen molar-refractivity contribution in [3.8, 4) is 0 Å². The lowest BCUT2D eigenvalue weighted by atomic mass is 10.2. The Morgan fingerprint density at radius 2 is 1.83 bits per heavy atom. The van der Waals surface area contributed by atoms with Crippen LogP contribution in [0.3, 0.4) is 0 Å². The van der Waals surface area contributed by atoms with Gasteiger partial charge in [0.05, 0.1) is 0 Å². The zero-order valence-corrected chi connectivity index (χ0v) is 17.8. The van der Waals surface area contributed by atoms with E-state index in [1.54, 1.807) is 24.3 Å². The second kappa shape index (κ2) is 13.0. The molecule has 2 amide bonds. The third-order valence-corrected chi connectivity index (χ3v) is 6.55. The van der Waals surface area contributed by atoms with Gasteiger partial charge in [0.15, 0.2) is 0 Å². The first kappa shape index (κ1) is 25.6. The highest BCUT2D eigenvalue weighted by Gasteiger charge is 2.33. The van der Waals surface area contributed by atoms with Crippen LogP contribution in [0.1, 0.15) is 38.2 Å². The lowest BCUT2D eigenvalue weighted by Crippen LogP contribution is -2.39. The predicted molar refractivity (Wildman–Crippen MR) is 111 cm³/mol. The van der Waals surface area contributed by atoms with Crippen molar-refractivity contribution in [2.75, 3.05) is 12.7 Å². The van der Waals surface area contributed by atoms with E-state index in [0.717, 1.165) is 5.56 Å². The van der Waals surface area contributed by atoms with Crippen LogP contribution < -0.4 is 16.4 Å². The summed E-state index contributed by atoms with van der Waals surface area (Å²) >= 11 is 0. The van der Waals surface area contributed by atoms with Gasteiger partial charge in [-0.2, -0.15) is 0 Å². The van der Waals surface area contributed by atoms with Crippen LogP contribution in [0.2, 0.25) is 0 Å². The molecule has 0 fully saturated rings. The van der Waals surface area contributed by atoms with Crippen LogP contribution in [-0.2, 0) is 25.5 Å². The van der Waals surface area contributed by atoms with Crippen molar-refractivity contribution in [2.24, 2.45) is 5.73 Å². The largest absolute Gasteiger partial charge is 0.480 e. The molecule has 0 aliphatic carbocycles. The van der Waals surface area contributed by atoms with E-state index in [-0.39, 0.29) is 19.4 Å². The third kappa shape index (κ3) is 9.87. The number of nitrogens with one attached hydrogen (secondary N) is 2. The van der Waals surface area contributed by atoms with Gasteiger partial charge >= 0.3 is 12.1 Å². The number of benzene rings is 1. The van der Waals surface area contributed by atoms with Crippen LogP contribution in [0, 0.1) is 0 Å². The number of carbonyl (C=O) groups is 3. The molecule has 2 unspecified atom stereocenters. The number of nitrogens with two attached hydrogens (primary N) is 1. The normalized spacial score (nSPS) is 14.8. The molecule has 0 radical (unpaired) electrons. The van der Waals surface area contributed by atoms with Gasteiger partial charge in [-0.3, -0.25) is 14.2 Å². The highest BCUT2D eigenvalue weighted by Crippen LogP contribution is 2.47. The zero-order chi connectivity index (χ0) is 22.6. The van der Waals surface area contributed by atoms with Crippen molar-refractivity contribution in [3.63, 3.8) is 0 Å². The van der Waals surface area contributed by atoms with Gasteiger partial charge in [0.1, 0.15) is 18.4 Å². The topological polar surface area (TPSA) is 168 Å². The highest BCUT2D eigenvalue weighted by atomic mass is 31.2. The van der Waals surface area contributed by atoms with Gasteiger partial charge in [0, 0.05) is 12.6 Å². The van der Waals surface area contributed by atoms with E-state index < -0.39 is 43.3 Å². The summed E-state index contributed by atoms with van der Waals surface area (Å²) in [5, 5.41) is 13.5. The number of rotatable bonds is 13. The quantitative estimate of drug-likeness (QED) is 0.226. The Hall–Kier alpha value is -2.42. The van der Waals surface area contributed by atoms with Crippen molar-refractivity contribution in [1.82, 2.24) is 10.6 Å². The second-order valence-corrected chi connectivity index (χ2v) is 9.44. The first-order chi connectivity index (χ1) is 14.2. The average molecular weight is 443 g/mol. The minimum Gasteiger partial charge on any atom is -0.480 e. The number of hydrogen-bond acceptors (Lipinski definition) is 6. The predicted octanol–water partition coefficient (Wildman–Crippen LogP) is 1.62. The summed E-state index contributed by atoms with van der Waals surface area (Å²) < 4.78 is 17.9. The van der Waals surface area contributed by atoms with E-state index in [0.29, 0.717) is 19.4 Å². The Labute approximate surface area is 175 Å². The number of carboxylic acids is 1. The smallest absolute Gasteiger partial charge is 0.408 e. The summed E-state index contributed by atoms with van der Waals surface area (Å²) in [7, 11) is -3.97. The Kier molecular flexibility index (Phi) is 11.1. The van der Waals surface area contributed by atoms with Crippen LogP contribution in [0.15, 0.2) is 30.3 Å². The molecule has 3 atom stereocenters. The van der Waals surface area contributed by atoms with Crippen molar-refractivity contribution in [3.05, 3.63) is 35.9 Å². The number of hydrogen-bond donors (Lipinski definition) is 5. The Bertz CT molecular complexity index is 745. The maximum Gasteiger partial charge on any atom is 0.408 e. The molecule has 0 spiro atoms. The molecule has 0 saturated heterocycles. The lowest BCUT2D eigenvalue weighted by molar-refractivity contribution is -0.141. The standard InChI is InChI=1S/C19H30N3O7P/c1-14(18(24)25)21-16(23)10-12-30(27,28)17(9-5-6-11-20)22-19(26)29-13-15-7-3-2-4-8-15/h2-4,7-8,14,17H,5-6,9-13,20H2,1H3,(H,21,23)(H,22,26)(H,24,25)(H,27,28)/t14-,17?/m1/s1. The van der Waals surface area contributed by atoms with E-state index in [2.05, 4.69) is 10.6 Å². The molecule has 0 aliphatic rings. The first-order valence-electron chi connectivity index (χ1n) is 9.66. The van der Waals surface area contributed by atoms with Gasteiger partial charge in [0.2, 0.25) is 13.3 Å². The van der Waals surface area contributed by atoms with Gasteiger partial charge < -0.3 is 31.1 Å². The van der Waals surface area contributed by atoms with Gasteiger partial charge in [-0.25, -0.2) is 4.79 Å². The fraction of sp³-hybridized carbons (Fsp3) is 0.526. The summed E-state index contributed by atoms with van der Waals surface area (Å²) in [6.45, 7) is 1.70. The molecular formula is C19H30N3O7P. The highest BCUT2D eigenvalue weighted by molar-refractivity contribution is 7.58. The number of carbonyl (C=O) groups excluding carboxylic acids is 2. The summed E-state index contributed by atoms with van der Waals surface area (Å²) in [5.74, 6) is -2.97. The number of aliphatic carboxylic acids is 1. The molecule has 168 valence electrons. The molecular weight excluding hydrogens is 413 g/mol. The number of amides is 2. The Morgan fingerprint density at radius 1 is 1.17 bits per heavy atom. The minimum atomic E-state index is -3.97. The van der Waals surface area contributed by atoms with E-state index in [1.165, 1.54) is 6.92 Å². The van der Waals surface area contributed by atoms with Crippen LogP contribution in [-0.4, -0.2) is 52.5 Å². The number of unbranched alkanes of at least 4 members (excludes halogenated alkanes) is 1. The molecule has 1 aromatic carbocycles. The summed E-state index contributed by atoms with van der Waals surface area (Å²) in [5.41, 5.74) is 6.23. The molecule has 0 bridgehead atoms. The van der Waals surface area contributed by atoms with Gasteiger partial charge in [-0.1, -0.05) is 30.3 Å². The molecule has 11 heteroatoms. The van der Waals surface area contributed by atoms with Crippen molar-refractivity contribution in [1.29, 1.82) is 0 Å². The monoisotopic (exact) mass is 443 g/mol. The van der Waals surface area contributed by atoms with Crippen molar-refractivity contribution < 1.29 is 33.7 Å². The maximum atomic E-state index is 12.8. The van der Waals surface area contributed by atoms with Gasteiger partial charge in [0.25, 0.3) is 0 Å². The zero-order valence-electron chi connectivity index (χ0n) is 17.0. The van der Waals surface area contributed by atoms with Gasteiger partial charge in [-0.05, 0) is 38.3 Å². The first-order valence-corrected chi connectivity index (χ1v) is 11.6. The molecule has 0 aliphatic heterocycles. The second-order valence-electron chi connectivity index (χ2n) is 6.86. The molecule has 1 rings (SSSR count). The summed E-state index contributed by atoms with van der Waals surface area (Å²) in [4.78, 5) is 45.2. The van der Waals surface area contributed by atoms with E-state index >= 15 is 0 Å². The minimum absolute atomic E-state index is 0.00735. The fourth-order valence-electron chi connectivity index (χ4n) is 2.55. The molecule has 0 aromatic heterocycles. The van der Waals surface area contributed by atoms with Crippen LogP contribution >= 0.6 is 7.37 Å². The number of carboxylic acid groups (broad SMARTS) is 1. The fourth-order valence-corrected chi connectivity index (χ4v) is 4.28. The number of alkyl carbamates (subject to hydrolysis) is 1. The third-order valence-electron chi connectivity index (χ3n) is 4.32. The summed E-state index contributed by atoms with van der Waals surface area (Å²) in [6.07, 6.45) is -0.286. The maximum absolute atomic E-state index is 12.8. The van der Waals surface area contributed by atoms with Crippen LogP contribution in [0.4, 0.5) is 4.79 Å². The molecule has 10 nitrogen and oxygen atoms in total. The van der Waals surface area contributed by atoms with E-state index in [1.807, 2.05) is 6.07 Å². The Balaban J connectivity index is 2.66. The summed E-state index contributed by atoms with van der Waals surface area (Å²) in [6, 6.07) is 7.86. The SMILES string of the molecule is C[C@@H](NC(=O)CCP(=O)(O)C(CCCCN)NC(=O)OCc1ccccc1)C(=O)O. The lowest BCUT2D eigenvalue weighted by Gasteiger charge is -2.24. The van der Waals surface area contributed by atoms with E-state index in [9.17, 15) is 23.8 Å². The van der Waals surface area contributed by atoms with Crippen LogP contribution in [0.5, 0.6) is 0 Å². The van der Waals surface area contributed by atoms with Gasteiger partial charge in [-0.15, -0.1) is 0 Å². The van der Waals surface area contributed by atoms with Crippen molar-refractivity contribution >= 4 is 25.3 Å². The molecule has 0 saturated carbocycles. The van der Waals surface area contributed by atoms with Crippen LogP contribution in [0.25, 0.3) is 0 Å². The number of ether oxygens (including phenoxy) is 1. The van der Waals surface area contributed by atoms with E-state index in [4.69, 9.17) is 15.6 Å². The average Bonchev–Trinajstić information content (AvgIpc) is 2.71. The van der Waals surface area contributed by atoms with Crippen molar-refractivity contribution in [2.45, 2.75) is 51.0 Å².